The average Bonchev–Trinajstić information content (AvgIpc) is 0.833. The molecule has 2 amide bonds. The van der Waals surface area contributed by atoms with Crippen molar-refractivity contribution in [2.45, 2.75) is 389 Å². The number of ether oxygens (including phenoxy) is 14. The molecule has 9 aromatic rings. The van der Waals surface area contributed by atoms with E-state index in [0.29, 0.717) is 98.9 Å². The molecule has 2 N–H and O–H groups in total. The molecule has 0 spiro atoms. The zero-order chi connectivity index (χ0) is 99.6. The molecule has 2 atom stereocenters. The lowest BCUT2D eigenvalue weighted by molar-refractivity contribution is -0.144. The van der Waals surface area contributed by atoms with Crippen LogP contribution >= 0.6 is 0 Å². The topological polar surface area (TPSA) is 204 Å². The van der Waals surface area contributed by atoms with Crippen LogP contribution in [0.15, 0.2) is 200 Å². The summed E-state index contributed by atoms with van der Waals surface area (Å²) in [5.41, 5.74) is 7.33. The molecule has 0 aliphatic rings. The van der Waals surface area contributed by atoms with Crippen LogP contribution < -0.4 is 67.5 Å². The highest BCUT2D eigenvalue weighted by molar-refractivity contribution is 5.89. The van der Waals surface area contributed by atoms with Gasteiger partial charge in [-0.1, -0.05) is 344 Å². The van der Waals surface area contributed by atoms with Crippen molar-refractivity contribution >= 4 is 18.0 Å². The van der Waals surface area contributed by atoms with Crippen molar-refractivity contribution in [3.05, 3.63) is 250 Å². The van der Waals surface area contributed by atoms with E-state index in [1.165, 1.54) is 245 Å². The maximum atomic E-state index is 13.5. The van der Waals surface area contributed by atoms with Crippen molar-refractivity contribution in [1.29, 1.82) is 0 Å². The standard InChI is InChI=1S/C122H170N2O17/c1-10-14-18-22-26-30-34-38-42-46-78-129-106-66-52-99(53-67-106)89-137-115-76-62-103(85-117(115)139-91-101-56-70-108(71-57-101)131-80-48-44-40-36-32-28-24-20-16-12-3)93-135-112-82-105(95-134-111-74-60-98(61-75-111)88-133-110-64-50-97(51-65-110)84-114(124-121(127)141-122(6,7)8)119(125)123-96(5)120(126)128-9)83-113(87-112)136-94-104-63-77-116(138-90-100-54-68-107(69-55-100)130-79-47-43-39-35-31-27-23-19-15-11-2)118(86-104)140-92-102-58-72-109(73-59-102)132-81-49-45-41-37-33-29-25-21-17-13-4/h50-77,82-83,85-87,96,114H,10-49,78-81,84,88-95H2,1-9H3,(H,123,125)(H,124,127)/t96-,114-/m1/s1. The highest BCUT2D eigenvalue weighted by atomic mass is 16.6. The number of nitrogens with one attached hydrogen (secondary N) is 2. The summed E-state index contributed by atoms with van der Waals surface area (Å²) in [7, 11) is 1.24. The van der Waals surface area contributed by atoms with Gasteiger partial charge in [0.05, 0.1) is 33.5 Å². The number of methoxy groups -OCH3 is 1. The molecule has 0 aliphatic heterocycles. The molecule has 0 radical (unpaired) electrons. The van der Waals surface area contributed by atoms with Crippen LogP contribution in [0.5, 0.6) is 69.0 Å². The molecule has 0 saturated heterocycles. The first kappa shape index (κ1) is 113. The number of hydrogen-bond donors (Lipinski definition) is 2. The molecular formula is C122H170N2O17. The van der Waals surface area contributed by atoms with Crippen molar-refractivity contribution in [3.8, 4) is 69.0 Å². The second-order valence-corrected chi connectivity index (χ2v) is 38.8. The summed E-state index contributed by atoms with van der Waals surface area (Å²) in [5.74, 6) is 6.92. The molecule has 0 aromatic heterocycles. The van der Waals surface area contributed by atoms with Crippen LogP contribution in [-0.4, -0.2) is 69.2 Å². The monoisotopic (exact) mass is 1940 g/mol. The zero-order valence-corrected chi connectivity index (χ0v) is 87.1. The Morgan fingerprint density at radius 3 is 0.780 bits per heavy atom. The fourth-order valence-electron chi connectivity index (χ4n) is 16.6. The highest BCUT2D eigenvalue weighted by Crippen LogP contribution is 2.36. The summed E-state index contributed by atoms with van der Waals surface area (Å²) < 4.78 is 88.4. The lowest BCUT2D eigenvalue weighted by Gasteiger charge is -2.24. The molecule has 0 fully saturated rings. The van der Waals surface area contributed by atoms with Gasteiger partial charge in [0.25, 0.3) is 0 Å². The first-order valence-electron chi connectivity index (χ1n) is 53.8. The fourth-order valence-corrected chi connectivity index (χ4v) is 16.6. The van der Waals surface area contributed by atoms with E-state index in [1.54, 1.807) is 32.9 Å². The quantitative estimate of drug-likeness (QED) is 0.0269. The maximum absolute atomic E-state index is 13.5. The van der Waals surface area contributed by atoms with Gasteiger partial charge in [-0.2, -0.15) is 0 Å². The van der Waals surface area contributed by atoms with Gasteiger partial charge in [-0.25, -0.2) is 9.59 Å². The van der Waals surface area contributed by atoms with Gasteiger partial charge in [0.2, 0.25) is 5.91 Å². The predicted molar refractivity (Wildman–Crippen MR) is 568 cm³/mol. The minimum atomic E-state index is -1.06. The van der Waals surface area contributed by atoms with Gasteiger partial charge in [0.1, 0.15) is 117 Å². The molecule has 0 aliphatic carbocycles. The molecule has 0 bridgehead atoms. The minimum absolute atomic E-state index is 0.109. The molecule has 770 valence electrons. The van der Waals surface area contributed by atoms with Gasteiger partial charge in [0.15, 0.2) is 23.0 Å². The van der Waals surface area contributed by atoms with E-state index in [1.807, 2.05) is 140 Å². The van der Waals surface area contributed by atoms with Crippen LogP contribution in [0.4, 0.5) is 4.79 Å². The minimum Gasteiger partial charge on any atom is -0.494 e. The second kappa shape index (κ2) is 68.8. The number of rotatable bonds is 78. The second-order valence-electron chi connectivity index (χ2n) is 38.8. The summed E-state index contributed by atoms with van der Waals surface area (Å²) in [6.07, 6.45) is 50.5. The number of unbranched alkanes of at least 4 members (excludes halogenated alkanes) is 36. The third kappa shape index (κ3) is 48.9. The van der Waals surface area contributed by atoms with E-state index in [-0.39, 0.29) is 32.8 Å². The van der Waals surface area contributed by atoms with Gasteiger partial charge in [-0.15, -0.1) is 0 Å². The number of benzene rings is 9. The van der Waals surface area contributed by atoms with E-state index in [2.05, 4.69) is 86.9 Å². The van der Waals surface area contributed by atoms with Gasteiger partial charge in [-0.3, -0.25) is 4.79 Å². The van der Waals surface area contributed by atoms with E-state index in [0.717, 1.165) is 98.8 Å². The van der Waals surface area contributed by atoms with Crippen LogP contribution in [0.1, 0.15) is 362 Å². The summed E-state index contributed by atoms with van der Waals surface area (Å²) >= 11 is 0. The van der Waals surface area contributed by atoms with E-state index in [9.17, 15) is 14.4 Å². The third-order valence-corrected chi connectivity index (χ3v) is 25.1. The van der Waals surface area contributed by atoms with Crippen LogP contribution in [0.3, 0.4) is 0 Å². The van der Waals surface area contributed by atoms with Gasteiger partial charge in [-0.05, 0) is 213 Å². The van der Waals surface area contributed by atoms with Crippen molar-refractivity contribution in [2.75, 3.05) is 33.5 Å². The summed E-state index contributed by atoms with van der Waals surface area (Å²) in [5, 5.41) is 5.30. The first-order chi connectivity index (χ1) is 69.0. The number of alkyl carbamates (subject to hydrolysis) is 1. The van der Waals surface area contributed by atoms with Gasteiger partial charge in [0, 0.05) is 12.5 Å². The normalized spacial score (nSPS) is 11.7. The van der Waals surface area contributed by atoms with Crippen molar-refractivity contribution in [3.63, 3.8) is 0 Å². The number of esters is 1. The zero-order valence-electron chi connectivity index (χ0n) is 87.1. The van der Waals surface area contributed by atoms with Crippen LogP contribution in [0.2, 0.25) is 0 Å². The Morgan fingerprint density at radius 1 is 0.248 bits per heavy atom. The Labute approximate surface area is 846 Å². The van der Waals surface area contributed by atoms with Gasteiger partial charge < -0.3 is 76.9 Å². The SMILES string of the molecule is CCCCCCCCCCCCOc1ccc(COc2ccc(COc3cc(COc4ccc(COc5ccc(C[C@@H](NC(=O)OC(C)(C)C)C(=O)N[C@H](C)C(=O)OC)cc5)cc4)cc(OCc4ccc(OCc5ccc(OCCCCCCCCCCCC)cc5)c(OCc5ccc(OCCCCCCCCCCCC)cc5)c4)c3)cc2OCc2ccc(OCCCCCCCCCCCC)cc2)cc1. The molecule has 0 saturated carbocycles. The largest absolute Gasteiger partial charge is 0.494 e. The van der Waals surface area contributed by atoms with Crippen LogP contribution in [0, 0.1) is 0 Å². The van der Waals surface area contributed by atoms with E-state index < -0.39 is 35.7 Å². The predicted octanol–water partition coefficient (Wildman–Crippen LogP) is 31.6. The average molecular weight is 1940 g/mol. The lowest BCUT2D eigenvalue weighted by Crippen LogP contribution is -2.52. The first-order valence-corrected chi connectivity index (χ1v) is 53.8. The van der Waals surface area contributed by atoms with Crippen molar-refractivity contribution < 1.29 is 80.7 Å². The Balaban J connectivity index is 0.906. The number of carbonyl (C=O) groups is 3. The summed E-state index contributed by atoms with van der Waals surface area (Å²) in [4.78, 5) is 38.6. The smallest absolute Gasteiger partial charge is 0.408 e. The van der Waals surface area contributed by atoms with Crippen LogP contribution in [0.25, 0.3) is 0 Å². The molecular weight excluding hydrogens is 1770 g/mol. The summed E-state index contributed by atoms with van der Waals surface area (Å²) in [6.45, 7) is 20.6. The Morgan fingerprint density at radius 2 is 0.489 bits per heavy atom. The molecule has 141 heavy (non-hydrogen) atoms. The van der Waals surface area contributed by atoms with E-state index in [4.69, 9.17) is 66.3 Å². The Kier molecular flexibility index (Phi) is 55.4. The number of carbonyl (C=O) groups excluding carboxylic acids is 3. The molecule has 19 nitrogen and oxygen atoms in total. The number of hydrogen-bond acceptors (Lipinski definition) is 17. The molecule has 9 aromatic carbocycles. The van der Waals surface area contributed by atoms with Crippen LogP contribution in [-0.2, 0) is 78.3 Å². The third-order valence-electron chi connectivity index (χ3n) is 25.1. The Bertz CT molecular complexity index is 4610. The summed E-state index contributed by atoms with van der Waals surface area (Å²) in [6, 6.07) is 63.5. The van der Waals surface area contributed by atoms with Crippen molar-refractivity contribution in [2.24, 2.45) is 0 Å². The van der Waals surface area contributed by atoms with Gasteiger partial charge >= 0.3 is 12.1 Å². The fraction of sp³-hybridized carbons (Fsp3) is 0.533. The molecule has 19 heteroatoms. The highest BCUT2D eigenvalue weighted by Gasteiger charge is 2.28. The molecule has 0 heterocycles. The van der Waals surface area contributed by atoms with E-state index >= 15 is 0 Å². The number of amides is 2. The van der Waals surface area contributed by atoms with Crippen molar-refractivity contribution in [1.82, 2.24) is 10.6 Å². The molecule has 9 rings (SSSR count). The maximum Gasteiger partial charge on any atom is 0.408 e. The Hall–Kier alpha value is -11.2. The lowest BCUT2D eigenvalue weighted by atomic mass is 10.0. The molecule has 0 unspecified atom stereocenters.